The van der Waals surface area contributed by atoms with Crippen LogP contribution in [-0.2, 0) is 6.42 Å². The molecule has 2 aromatic heterocycles. The summed E-state index contributed by atoms with van der Waals surface area (Å²) in [5, 5.41) is 9.79. The van der Waals surface area contributed by atoms with Gasteiger partial charge in [-0.1, -0.05) is 25.1 Å². The molecule has 0 bridgehead atoms. The number of halogens is 5. The van der Waals surface area contributed by atoms with Gasteiger partial charge in [-0.25, -0.2) is 4.68 Å². The van der Waals surface area contributed by atoms with E-state index in [1.165, 1.54) is 0 Å². The van der Waals surface area contributed by atoms with Gasteiger partial charge >= 0.3 is 6.18 Å². The van der Waals surface area contributed by atoms with Gasteiger partial charge in [0.2, 0.25) is 0 Å². The molecule has 0 spiro atoms. The number of para-hydroxylation sites is 1. The van der Waals surface area contributed by atoms with E-state index in [1.807, 2.05) is 19.1 Å². The first-order chi connectivity index (χ1) is 14.7. The van der Waals surface area contributed by atoms with Crippen molar-refractivity contribution in [1.82, 2.24) is 9.78 Å². The Labute approximate surface area is 192 Å². The quantitative estimate of drug-likeness (QED) is 0.382. The fourth-order valence-corrected chi connectivity index (χ4v) is 4.44. The fraction of sp³-hybridized carbons (Fsp3) is 0.300. The number of carbonyl (C=O) groups excluding carboxylic acids is 1. The van der Waals surface area contributed by atoms with Crippen LogP contribution in [0.3, 0.4) is 0 Å². The molecule has 31 heavy (non-hydrogen) atoms. The number of aromatic nitrogens is 2. The van der Waals surface area contributed by atoms with Gasteiger partial charge in [0, 0.05) is 12.1 Å². The Bertz CT molecular complexity index is 1130. The summed E-state index contributed by atoms with van der Waals surface area (Å²) in [6.45, 7) is 1.95. The third-order valence-electron chi connectivity index (χ3n) is 5.09. The lowest BCUT2D eigenvalue weighted by Gasteiger charge is -2.32. The lowest BCUT2D eigenvalue weighted by molar-refractivity contribution is -0.174. The van der Waals surface area contributed by atoms with Crippen LogP contribution in [0.15, 0.2) is 50.0 Å². The topological polar surface area (TPSA) is 72.1 Å². The van der Waals surface area contributed by atoms with E-state index in [0.717, 1.165) is 10.2 Å². The number of anilines is 2. The van der Waals surface area contributed by atoms with Crippen LogP contribution < -0.4 is 10.6 Å². The third-order valence-corrected chi connectivity index (χ3v) is 6.27. The molecule has 2 N–H and O–H groups in total. The highest BCUT2D eigenvalue weighted by molar-refractivity contribution is 9.10. The van der Waals surface area contributed by atoms with Crippen LogP contribution in [0, 0.1) is 0 Å². The zero-order valence-electron chi connectivity index (χ0n) is 16.1. The Hall–Kier alpha value is -2.27. The van der Waals surface area contributed by atoms with Gasteiger partial charge in [0.1, 0.15) is 11.6 Å². The van der Waals surface area contributed by atoms with Crippen molar-refractivity contribution < 1.29 is 22.4 Å². The monoisotopic (exact) mass is 560 g/mol. The first kappa shape index (κ1) is 21.9. The molecule has 3 heterocycles. The molecule has 0 radical (unpaired) electrons. The van der Waals surface area contributed by atoms with Crippen LogP contribution in [-0.4, -0.2) is 21.9 Å². The predicted octanol–water partition coefficient (Wildman–Crippen LogP) is 6.48. The largest absolute Gasteiger partial charge is 0.452 e. The highest BCUT2D eigenvalue weighted by atomic mass is 79.9. The molecule has 0 saturated heterocycles. The van der Waals surface area contributed by atoms with E-state index in [0.29, 0.717) is 22.5 Å². The van der Waals surface area contributed by atoms with Crippen molar-refractivity contribution in [2.45, 2.75) is 38.0 Å². The summed E-state index contributed by atoms with van der Waals surface area (Å²) >= 11 is 6.44. The molecular weight excluding hydrogens is 545 g/mol. The van der Waals surface area contributed by atoms with Crippen LogP contribution in [0.1, 0.15) is 47.2 Å². The summed E-state index contributed by atoms with van der Waals surface area (Å²) in [4.78, 5) is 12.9. The van der Waals surface area contributed by atoms with E-state index in [1.54, 1.807) is 24.3 Å². The Morgan fingerprint density at radius 3 is 2.68 bits per heavy atom. The second kappa shape index (κ2) is 8.34. The third kappa shape index (κ3) is 4.25. The van der Waals surface area contributed by atoms with Gasteiger partial charge < -0.3 is 15.1 Å². The van der Waals surface area contributed by atoms with Gasteiger partial charge in [0.05, 0.1) is 10.5 Å². The van der Waals surface area contributed by atoms with Gasteiger partial charge in [-0.05, 0) is 62.0 Å². The predicted molar refractivity (Wildman–Crippen MR) is 116 cm³/mol. The molecule has 0 aliphatic carbocycles. The van der Waals surface area contributed by atoms with E-state index in [2.05, 4.69) is 47.6 Å². The number of benzene rings is 1. The van der Waals surface area contributed by atoms with Crippen molar-refractivity contribution in [1.29, 1.82) is 0 Å². The van der Waals surface area contributed by atoms with Crippen molar-refractivity contribution in [2.24, 2.45) is 0 Å². The van der Waals surface area contributed by atoms with E-state index < -0.39 is 24.2 Å². The maximum atomic E-state index is 13.9. The van der Waals surface area contributed by atoms with Crippen molar-refractivity contribution >= 4 is 49.3 Å². The van der Waals surface area contributed by atoms with Crippen molar-refractivity contribution in [3.8, 4) is 0 Å². The molecule has 0 fully saturated rings. The van der Waals surface area contributed by atoms with E-state index in [-0.39, 0.29) is 22.4 Å². The molecule has 11 heteroatoms. The normalized spacial score (nSPS) is 18.4. The summed E-state index contributed by atoms with van der Waals surface area (Å²) in [6, 6.07) is 7.79. The van der Waals surface area contributed by atoms with Gasteiger partial charge in [-0.3, -0.25) is 4.79 Å². The highest BCUT2D eigenvalue weighted by Crippen LogP contribution is 2.46. The molecule has 1 aromatic carbocycles. The molecule has 3 aromatic rings. The van der Waals surface area contributed by atoms with Gasteiger partial charge in [-0.15, -0.1) is 0 Å². The molecular formula is C20H17Br2F3N4O2. The summed E-state index contributed by atoms with van der Waals surface area (Å²) in [5.74, 6) is -0.182. The minimum absolute atomic E-state index is 0.0695. The molecule has 4 rings (SSSR count). The number of alkyl halides is 3. The van der Waals surface area contributed by atoms with E-state index in [9.17, 15) is 18.0 Å². The van der Waals surface area contributed by atoms with Crippen LogP contribution in [0.25, 0.3) is 0 Å². The van der Waals surface area contributed by atoms with Crippen molar-refractivity contribution in [3.05, 3.63) is 62.6 Å². The average Bonchev–Trinajstić information content (AvgIpc) is 3.30. The summed E-state index contributed by atoms with van der Waals surface area (Å²) in [5.41, 5.74) is 1.36. The zero-order chi connectivity index (χ0) is 22.3. The SMILES string of the molecule is CCc1ccccc1NC(=O)c1nn2c(c1Br)N[C@@H](c1ccc(Br)o1)C[C@H]2C(F)(F)F. The Morgan fingerprint density at radius 1 is 1.29 bits per heavy atom. The molecule has 164 valence electrons. The van der Waals surface area contributed by atoms with E-state index in [4.69, 9.17) is 4.42 Å². The lowest BCUT2D eigenvalue weighted by atomic mass is 10.0. The van der Waals surface area contributed by atoms with Crippen LogP contribution in [0.4, 0.5) is 24.7 Å². The lowest BCUT2D eigenvalue weighted by Crippen LogP contribution is -2.35. The van der Waals surface area contributed by atoms with Gasteiger partial charge in [0.15, 0.2) is 16.4 Å². The standard InChI is InChI=1S/C20H17Br2F3N4O2/c1-2-10-5-3-4-6-11(10)27-19(30)17-16(22)18-26-12(13-7-8-15(21)31-13)9-14(20(23,24)25)29(18)28-17/h3-8,12,14,26H,2,9H2,1H3,(H,27,30)/t12-,14+/m1/s1. The van der Waals surface area contributed by atoms with E-state index >= 15 is 0 Å². The molecule has 1 amide bonds. The number of nitrogens with zero attached hydrogens (tertiary/aromatic N) is 2. The summed E-state index contributed by atoms with van der Waals surface area (Å²) in [6.07, 6.45) is -4.20. The van der Waals surface area contributed by atoms with Crippen LogP contribution >= 0.6 is 31.9 Å². The average molecular weight is 562 g/mol. The minimum Gasteiger partial charge on any atom is -0.452 e. The number of hydrogen-bond donors (Lipinski definition) is 2. The summed E-state index contributed by atoms with van der Waals surface area (Å²) in [7, 11) is 0. The zero-order valence-corrected chi connectivity index (χ0v) is 19.3. The number of aryl methyl sites for hydroxylation is 1. The number of nitrogens with one attached hydrogen (secondary N) is 2. The second-order valence-electron chi connectivity index (χ2n) is 7.05. The minimum atomic E-state index is -4.56. The van der Waals surface area contributed by atoms with Crippen LogP contribution in [0.5, 0.6) is 0 Å². The summed E-state index contributed by atoms with van der Waals surface area (Å²) < 4.78 is 48.4. The number of hydrogen-bond acceptors (Lipinski definition) is 4. The molecule has 1 aliphatic heterocycles. The first-order valence-electron chi connectivity index (χ1n) is 9.44. The Kier molecular flexibility index (Phi) is 5.91. The van der Waals surface area contributed by atoms with Crippen LogP contribution in [0.2, 0.25) is 0 Å². The first-order valence-corrected chi connectivity index (χ1v) is 11.0. The van der Waals surface area contributed by atoms with Crippen molar-refractivity contribution in [3.63, 3.8) is 0 Å². The second-order valence-corrected chi connectivity index (χ2v) is 8.63. The maximum Gasteiger partial charge on any atom is 0.410 e. The van der Waals surface area contributed by atoms with Crippen molar-refractivity contribution in [2.75, 3.05) is 10.6 Å². The fourth-order valence-electron chi connectivity index (χ4n) is 3.57. The number of fused-ring (bicyclic) bond motifs is 1. The number of furan rings is 1. The number of rotatable bonds is 4. The van der Waals surface area contributed by atoms with Gasteiger partial charge in [0.25, 0.3) is 5.91 Å². The molecule has 0 unspecified atom stereocenters. The number of amides is 1. The molecule has 1 aliphatic rings. The highest BCUT2D eigenvalue weighted by Gasteiger charge is 2.48. The smallest absolute Gasteiger partial charge is 0.410 e. The maximum absolute atomic E-state index is 13.9. The Morgan fingerprint density at radius 2 is 2.03 bits per heavy atom. The Balaban J connectivity index is 1.70. The molecule has 2 atom stereocenters. The molecule has 6 nitrogen and oxygen atoms in total. The van der Waals surface area contributed by atoms with Gasteiger partial charge in [-0.2, -0.15) is 18.3 Å². The number of carbonyl (C=O) groups is 1. The molecule has 0 saturated carbocycles.